The van der Waals surface area contributed by atoms with Crippen LogP contribution in [0.5, 0.6) is 5.75 Å². The van der Waals surface area contributed by atoms with E-state index in [-0.39, 0.29) is 37.6 Å². The number of fused-ring (bicyclic) bond motifs is 1. The van der Waals surface area contributed by atoms with Crippen LogP contribution in [0.1, 0.15) is 24.5 Å². The molecule has 0 aromatic heterocycles. The summed E-state index contributed by atoms with van der Waals surface area (Å²) in [5, 5.41) is 11.0. The Morgan fingerprint density at radius 2 is 2.29 bits per heavy atom. The normalized spacial score (nSPS) is 22.9. The van der Waals surface area contributed by atoms with Gasteiger partial charge in [0.25, 0.3) is 5.69 Å². The van der Waals surface area contributed by atoms with Gasteiger partial charge < -0.3 is 14.2 Å². The second-order valence-electron chi connectivity index (χ2n) is 5.39. The van der Waals surface area contributed by atoms with E-state index in [4.69, 9.17) is 14.2 Å². The van der Waals surface area contributed by atoms with Gasteiger partial charge in [-0.15, -0.1) is 0 Å². The molecule has 0 radical (unpaired) electrons. The molecule has 7 heteroatoms. The smallest absolute Gasteiger partial charge is 0.309 e. The van der Waals surface area contributed by atoms with Crippen molar-refractivity contribution in [3.05, 3.63) is 33.4 Å². The number of nitro groups is 1. The van der Waals surface area contributed by atoms with E-state index in [0.29, 0.717) is 22.8 Å². The number of carbonyl (C=O) groups excluding carboxylic acids is 1. The summed E-state index contributed by atoms with van der Waals surface area (Å²) in [6, 6.07) is 2.80. The van der Waals surface area contributed by atoms with Crippen LogP contribution in [0.2, 0.25) is 0 Å². The molecular weight excluding hydrogens is 278 g/mol. The van der Waals surface area contributed by atoms with E-state index in [2.05, 4.69) is 0 Å². The molecule has 2 atom stereocenters. The largest absolute Gasteiger partial charge is 0.467 e. The maximum atomic E-state index is 11.8. The summed E-state index contributed by atoms with van der Waals surface area (Å²) in [5.41, 5.74) is 1.04. The zero-order valence-electron chi connectivity index (χ0n) is 11.5. The Hall–Kier alpha value is -2.15. The molecular formula is C14H15NO6. The zero-order chi connectivity index (χ0) is 15.0. The van der Waals surface area contributed by atoms with Crippen molar-refractivity contribution in [3.63, 3.8) is 0 Å². The second kappa shape index (κ2) is 5.33. The van der Waals surface area contributed by atoms with Gasteiger partial charge in [0.05, 0.1) is 17.4 Å². The molecule has 1 heterocycles. The molecule has 1 fully saturated rings. The third-order valence-electron chi connectivity index (χ3n) is 3.76. The van der Waals surface area contributed by atoms with Gasteiger partial charge in [-0.05, 0) is 12.3 Å². The van der Waals surface area contributed by atoms with Gasteiger partial charge >= 0.3 is 5.97 Å². The first kappa shape index (κ1) is 13.8. The SMILES string of the molecule is C[C@H]1C[C@@H]1C(=O)OCc1cc([N+](=O)[O-])cc2c1OCOC2. The summed E-state index contributed by atoms with van der Waals surface area (Å²) in [6.45, 7) is 2.30. The van der Waals surface area contributed by atoms with Crippen molar-refractivity contribution >= 4 is 11.7 Å². The fourth-order valence-corrected chi connectivity index (χ4v) is 2.40. The van der Waals surface area contributed by atoms with Gasteiger partial charge in [-0.25, -0.2) is 0 Å². The van der Waals surface area contributed by atoms with Gasteiger partial charge in [0.2, 0.25) is 0 Å². The highest BCUT2D eigenvalue weighted by Crippen LogP contribution is 2.39. The molecule has 1 aromatic rings. The average molecular weight is 293 g/mol. The molecule has 1 aromatic carbocycles. The molecule has 0 saturated heterocycles. The van der Waals surface area contributed by atoms with Crippen LogP contribution in [-0.2, 0) is 27.5 Å². The van der Waals surface area contributed by atoms with Crippen LogP contribution >= 0.6 is 0 Å². The average Bonchev–Trinajstić information content (AvgIpc) is 3.21. The molecule has 21 heavy (non-hydrogen) atoms. The minimum Gasteiger partial charge on any atom is -0.467 e. The maximum Gasteiger partial charge on any atom is 0.309 e. The first-order chi connectivity index (χ1) is 10.1. The third kappa shape index (κ3) is 2.82. The number of ether oxygens (including phenoxy) is 3. The first-order valence-corrected chi connectivity index (χ1v) is 6.73. The number of benzene rings is 1. The molecule has 1 aliphatic carbocycles. The summed E-state index contributed by atoms with van der Waals surface area (Å²) >= 11 is 0. The fraction of sp³-hybridized carbons (Fsp3) is 0.500. The monoisotopic (exact) mass is 293 g/mol. The molecule has 7 nitrogen and oxygen atoms in total. The highest BCUT2D eigenvalue weighted by atomic mass is 16.7. The Balaban J connectivity index is 1.80. The van der Waals surface area contributed by atoms with E-state index in [1.807, 2.05) is 6.92 Å². The van der Waals surface area contributed by atoms with Gasteiger partial charge in [0, 0.05) is 23.3 Å². The molecule has 0 N–H and O–H groups in total. The second-order valence-corrected chi connectivity index (χ2v) is 5.39. The Kier molecular flexibility index (Phi) is 3.50. The number of rotatable bonds is 4. The predicted octanol–water partition coefficient (Wildman–Crippen LogP) is 2.16. The summed E-state index contributed by atoms with van der Waals surface area (Å²) in [4.78, 5) is 22.2. The molecule has 3 rings (SSSR count). The first-order valence-electron chi connectivity index (χ1n) is 6.73. The minimum absolute atomic E-state index is 0.0218. The third-order valence-corrected chi connectivity index (χ3v) is 3.76. The van der Waals surface area contributed by atoms with Crippen molar-refractivity contribution in [2.45, 2.75) is 26.6 Å². The van der Waals surface area contributed by atoms with Crippen LogP contribution in [0.15, 0.2) is 12.1 Å². The highest BCUT2D eigenvalue weighted by molar-refractivity contribution is 5.75. The van der Waals surface area contributed by atoms with E-state index in [0.717, 1.165) is 6.42 Å². The van der Waals surface area contributed by atoms with Gasteiger partial charge in [0.15, 0.2) is 6.79 Å². The van der Waals surface area contributed by atoms with Crippen molar-refractivity contribution in [2.24, 2.45) is 11.8 Å². The Morgan fingerprint density at radius 3 is 2.95 bits per heavy atom. The van der Waals surface area contributed by atoms with E-state index < -0.39 is 4.92 Å². The van der Waals surface area contributed by atoms with Crippen LogP contribution < -0.4 is 4.74 Å². The Labute approximate surface area is 120 Å². The number of carbonyl (C=O) groups is 1. The number of non-ortho nitro benzene ring substituents is 1. The molecule has 0 spiro atoms. The number of nitrogens with zero attached hydrogens (tertiary/aromatic N) is 1. The van der Waals surface area contributed by atoms with Crippen LogP contribution in [0.25, 0.3) is 0 Å². The lowest BCUT2D eigenvalue weighted by Gasteiger charge is -2.20. The maximum absolute atomic E-state index is 11.8. The Morgan fingerprint density at radius 1 is 1.52 bits per heavy atom. The standard InChI is InChI=1S/C14H15NO6/c1-8-2-12(8)14(16)20-6-10-4-11(15(17)18)3-9-5-19-7-21-13(9)10/h3-4,8,12H,2,5-7H2,1H3/t8-,12-/m0/s1. The quantitative estimate of drug-likeness (QED) is 0.480. The number of hydrogen-bond acceptors (Lipinski definition) is 6. The topological polar surface area (TPSA) is 87.9 Å². The van der Waals surface area contributed by atoms with Gasteiger partial charge in [-0.3, -0.25) is 14.9 Å². The summed E-state index contributed by atoms with van der Waals surface area (Å²) < 4.78 is 15.7. The van der Waals surface area contributed by atoms with Crippen molar-refractivity contribution in [2.75, 3.05) is 6.79 Å². The van der Waals surface area contributed by atoms with Gasteiger partial charge in [-0.2, -0.15) is 0 Å². The molecule has 0 amide bonds. The van der Waals surface area contributed by atoms with Crippen LogP contribution in [0.3, 0.4) is 0 Å². The van der Waals surface area contributed by atoms with Crippen LogP contribution in [-0.4, -0.2) is 17.7 Å². The van der Waals surface area contributed by atoms with E-state index in [1.165, 1.54) is 12.1 Å². The predicted molar refractivity (Wildman–Crippen MR) is 70.4 cm³/mol. The summed E-state index contributed by atoms with van der Waals surface area (Å²) in [6.07, 6.45) is 0.843. The molecule has 0 unspecified atom stereocenters. The summed E-state index contributed by atoms with van der Waals surface area (Å²) in [5.74, 6) is 0.586. The highest BCUT2D eigenvalue weighted by Gasteiger charge is 2.40. The minimum atomic E-state index is -0.483. The molecule has 0 bridgehead atoms. The Bertz CT molecular complexity index is 599. The van der Waals surface area contributed by atoms with Crippen molar-refractivity contribution in [1.82, 2.24) is 0 Å². The number of nitro benzene ring substituents is 1. The van der Waals surface area contributed by atoms with Gasteiger partial charge in [0.1, 0.15) is 12.4 Å². The lowest BCUT2D eigenvalue weighted by molar-refractivity contribution is -0.385. The van der Waals surface area contributed by atoms with Crippen molar-refractivity contribution < 1.29 is 23.9 Å². The molecule has 1 aliphatic heterocycles. The number of hydrogen-bond donors (Lipinski definition) is 0. The lowest BCUT2D eigenvalue weighted by Crippen LogP contribution is -2.15. The fourth-order valence-electron chi connectivity index (χ4n) is 2.40. The van der Waals surface area contributed by atoms with Crippen LogP contribution in [0.4, 0.5) is 5.69 Å². The number of esters is 1. The van der Waals surface area contributed by atoms with Crippen molar-refractivity contribution in [3.8, 4) is 5.75 Å². The van der Waals surface area contributed by atoms with E-state index in [9.17, 15) is 14.9 Å². The molecule has 1 saturated carbocycles. The molecule has 112 valence electrons. The van der Waals surface area contributed by atoms with Gasteiger partial charge in [-0.1, -0.05) is 6.92 Å². The van der Waals surface area contributed by atoms with Crippen LogP contribution in [0, 0.1) is 22.0 Å². The van der Waals surface area contributed by atoms with E-state index >= 15 is 0 Å². The zero-order valence-corrected chi connectivity index (χ0v) is 11.5. The van der Waals surface area contributed by atoms with Crippen molar-refractivity contribution in [1.29, 1.82) is 0 Å². The lowest BCUT2D eigenvalue weighted by atomic mass is 10.1. The van der Waals surface area contributed by atoms with E-state index in [1.54, 1.807) is 0 Å². The molecule has 2 aliphatic rings. The summed E-state index contributed by atoms with van der Waals surface area (Å²) in [7, 11) is 0.